The minimum Gasteiger partial charge on any atom is -0.354 e. The second kappa shape index (κ2) is 6.39. The van der Waals surface area contributed by atoms with Gasteiger partial charge in [0.2, 0.25) is 5.89 Å². The van der Waals surface area contributed by atoms with Crippen molar-refractivity contribution in [3.63, 3.8) is 0 Å². The third-order valence-corrected chi connectivity index (χ3v) is 4.19. The number of nitrogens with zero attached hydrogens (tertiary/aromatic N) is 4. The number of hydrogen-bond donors (Lipinski definition) is 1. The van der Waals surface area contributed by atoms with Crippen LogP contribution in [0.1, 0.15) is 24.1 Å². The van der Waals surface area contributed by atoms with Gasteiger partial charge in [-0.3, -0.25) is 5.32 Å². The van der Waals surface area contributed by atoms with Gasteiger partial charge < -0.3 is 13.9 Å². The average molecular weight is 339 g/mol. The maximum atomic E-state index is 12.4. The number of benzene rings is 1. The van der Waals surface area contributed by atoms with E-state index in [2.05, 4.69) is 20.6 Å². The van der Waals surface area contributed by atoms with E-state index in [1.54, 1.807) is 17.9 Å². The minimum absolute atomic E-state index is 0.0976. The number of likely N-dealkylation sites (tertiary alicyclic amines) is 1. The van der Waals surface area contributed by atoms with Crippen molar-refractivity contribution >= 4 is 11.8 Å². The van der Waals surface area contributed by atoms with Gasteiger partial charge in [0.05, 0.1) is 0 Å². The number of aromatic nitrogens is 3. The predicted octanol–water partition coefficient (Wildman–Crippen LogP) is 3.05. The Balaban J connectivity index is 1.39. The molecule has 1 aromatic carbocycles. The fourth-order valence-corrected chi connectivity index (χ4v) is 2.90. The monoisotopic (exact) mass is 339 g/mol. The zero-order valence-corrected chi connectivity index (χ0v) is 13.7. The van der Waals surface area contributed by atoms with Crippen LogP contribution in [0.15, 0.2) is 45.4 Å². The molecule has 128 valence electrons. The second-order valence-electron chi connectivity index (χ2n) is 5.98. The average Bonchev–Trinajstić information content (AvgIpc) is 3.35. The molecule has 4 rings (SSSR count). The Morgan fingerprint density at radius 2 is 2.08 bits per heavy atom. The fourth-order valence-electron chi connectivity index (χ4n) is 2.90. The highest BCUT2D eigenvalue weighted by atomic mass is 16.5. The number of carbonyl (C=O) groups excluding carboxylic acids is 1. The summed E-state index contributed by atoms with van der Waals surface area (Å²) < 4.78 is 10.3. The summed E-state index contributed by atoms with van der Waals surface area (Å²) in [6.07, 6.45) is 0.806. The highest BCUT2D eigenvalue weighted by Gasteiger charge is 2.30. The molecule has 1 unspecified atom stereocenters. The van der Waals surface area contributed by atoms with Crippen molar-refractivity contribution in [2.45, 2.75) is 19.3 Å². The first-order chi connectivity index (χ1) is 12.2. The van der Waals surface area contributed by atoms with Gasteiger partial charge >= 0.3 is 6.03 Å². The fraction of sp³-hybridized carbons (Fsp3) is 0.294. The van der Waals surface area contributed by atoms with E-state index in [4.69, 9.17) is 9.05 Å². The molecule has 8 heteroatoms. The molecule has 3 aromatic rings. The Morgan fingerprint density at radius 1 is 1.24 bits per heavy atom. The molecule has 1 fully saturated rings. The van der Waals surface area contributed by atoms with Gasteiger partial charge in [0.25, 0.3) is 0 Å². The lowest BCUT2D eigenvalue weighted by molar-refractivity contribution is 0.221. The van der Waals surface area contributed by atoms with Crippen LogP contribution < -0.4 is 5.32 Å². The Kier molecular flexibility index (Phi) is 3.93. The van der Waals surface area contributed by atoms with Gasteiger partial charge in [0.15, 0.2) is 17.4 Å². The maximum Gasteiger partial charge on any atom is 0.323 e. The lowest BCUT2D eigenvalue weighted by Gasteiger charge is -2.15. The molecule has 1 atom stereocenters. The molecule has 2 amide bonds. The molecule has 25 heavy (non-hydrogen) atoms. The van der Waals surface area contributed by atoms with E-state index in [1.165, 1.54) is 0 Å². The molecule has 1 aliphatic rings. The van der Waals surface area contributed by atoms with Crippen LogP contribution in [0.25, 0.3) is 11.3 Å². The normalized spacial score (nSPS) is 17.0. The first kappa shape index (κ1) is 15.4. The van der Waals surface area contributed by atoms with E-state index in [9.17, 15) is 4.79 Å². The maximum absolute atomic E-state index is 12.4. The number of urea groups is 1. The number of carbonyl (C=O) groups is 1. The largest absolute Gasteiger partial charge is 0.354 e. The van der Waals surface area contributed by atoms with E-state index in [1.807, 2.05) is 30.3 Å². The highest BCUT2D eigenvalue weighted by molar-refractivity contribution is 5.89. The molecule has 0 aliphatic carbocycles. The molecule has 0 spiro atoms. The van der Waals surface area contributed by atoms with Crippen LogP contribution in [0.2, 0.25) is 0 Å². The third-order valence-electron chi connectivity index (χ3n) is 4.19. The van der Waals surface area contributed by atoms with Gasteiger partial charge in [0, 0.05) is 37.6 Å². The van der Waals surface area contributed by atoms with Crippen molar-refractivity contribution in [1.29, 1.82) is 0 Å². The summed E-state index contributed by atoms with van der Waals surface area (Å²) in [5.41, 5.74) is 0.907. The van der Waals surface area contributed by atoms with Crippen molar-refractivity contribution in [2.75, 3.05) is 18.4 Å². The van der Waals surface area contributed by atoms with Crippen molar-refractivity contribution in [3.8, 4) is 11.3 Å². The van der Waals surface area contributed by atoms with Crippen LogP contribution in [-0.2, 0) is 0 Å². The molecule has 0 saturated carbocycles. The van der Waals surface area contributed by atoms with Gasteiger partial charge in [-0.05, 0) is 6.42 Å². The summed E-state index contributed by atoms with van der Waals surface area (Å²) in [4.78, 5) is 18.4. The topological polar surface area (TPSA) is 97.3 Å². The molecule has 3 heterocycles. The summed E-state index contributed by atoms with van der Waals surface area (Å²) in [5.74, 6) is 2.29. The zero-order chi connectivity index (χ0) is 17.2. The Labute approximate surface area is 143 Å². The van der Waals surface area contributed by atoms with Gasteiger partial charge in [-0.15, -0.1) is 0 Å². The standard InChI is InChI=1S/C17H17N5O3/c1-11-18-16(21-24-11)13-7-8-22(10-13)17(23)19-15-9-14(25-20-15)12-5-3-2-4-6-12/h2-6,9,13H,7-8,10H2,1H3,(H,19,20,23). The summed E-state index contributed by atoms with van der Waals surface area (Å²) in [6.45, 7) is 2.94. The third kappa shape index (κ3) is 3.23. The summed E-state index contributed by atoms with van der Waals surface area (Å²) >= 11 is 0. The first-order valence-corrected chi connectivity index (χ1v) is 8.07. The minimum atomic E-state index is -0.212. The number of hydrogen-bond acceptors (Lipinski definition) is 6. The lowest BCUT2D eigenvalue weighted by atomic mass is 10.1. The van der Waals surface area contributed by atoms with Crippen molar-refractivity contribution in [3.05, 3.63) is 48.1 Å². The number of nitrogens with one attached hydrogen (secondary N) is 1. The molecular formula is C17H17N5O3. The molecule has 1 N–H and O–H groups in total. The molecule has 2 aromatic heterocycles. The summed E-state index contributed by atoms with van der Waals surface area (Å²) in [7, 11) is 0. The van der Waals surface area contributed by atoms with Gasteiger partial charge in [-0.1, -0.05) is 40.6 Å². The van der Waals surface area contributed by atoms with Crippen molar-refractivity contribution in [2.24, 2.45) is 0 Å². The van der Waals surface area contributed by atoms with Crippen LogP contribution in [0.3, 0.4) is 0 Å². The number of anilines is 1. The SMILES string of the molecule is Cc1nc(C2CCN(C(=O)Nc3cc(-c4ccccc4)on3)C2)no1. The number of amides is 2. The molecule has 1 saturated heterocycles. The van der Waals surface area contributed by atoms with Gasteiger partial charge in [0.1, 0.15) is 0 Å². The van der Waals surface area contributed by atoms with E-state index in [0.717, 1.165) is 12.0 Å². The first-order valence-electron chi connectivity index (χ1n) is 8.07. The van der Waals surface area contributed by atoms with Crippen molar-refractivity contribution < 1.29 is 13.8 Å². The van der Waals surface area contributed by atoms with E-state index in [-0.39, 0.29) is 11.9 Å². The summed E-state index contributed by atoms with van der Waals surface area (Å²) in [5, 5.41) is 10.6. The number of rotatable bonds is 3. The van der Waals surface area contributed by atoms with Crippen LogP contribution in [0, 0.1) is 6.92 Å². The van der Waals surface area contributed by atoms with Crippen molar-refractivity contribution in [1.82, 2.24) is 20.2 Å². The molecule has 8 nitrogen and oxygen atoms in total. The van der Waals surface area contributed by atoms with Crippen LogP contribution >= 0.6 is 0 Å². The smallest absolute Gasteiger partial charge is 0.323 e. The van der Waals surface area contributed by atoms with Crippen LogP contribution in [0.4, 0.5) is 10.6 Å². The molecule has 0 radical (unpaired) electrons. The Hall–Kier alpha value is -3.16. The number of aryl methyl sites for hydroxylation is 1. The highest BCUT2D eigenvalue weighted by Crippen LogP contribution is 2.26. The van der Waals surface area contributed by atoms with E-state index in [0.29, 0.717) is 36.4 Å². The molecule has 0 bridgehead atoms. The summed E-state index contributed by atoms with van der Waals surface area (Å²) in [6, 6.07) is 11.1. The predicted molar refractivity (Wildman–Crippen MR) is 88.9 cm³/mol. The van der Waals surface area contributed by atoms with Gasteiger partial charge in [-0.2, -0.15) is 4.98 Å². The molecule has 1 aliphatic heterocycles. The van der Waals surface area contributed by atoms with Gasteiger partial charge in [-0.25, -0.2) is 4.79 Å². The quantitative estimate of drug-likeness (QED) is 0.787. The van der Waals surface area contributed by atoms with E-state index < -0.39 is 0 Å². The van der Waals surface area contributed by atoms with Crippen LogP contribution in [-0.4, -0.2) is 39.3 Å². The Morgan fingerprint density at radius 3 is 2.84 bits per heavy atom. The zero-order valence-electron chi connectivity index (χ0n) is 13.7. The second-order valence-corrected chi connectivity index (χ2v) is 5.98. The lowest BCUT2D eigenvalue weighted by Crippen LogP contribution is -2.32. The Bertz CT molecular complexity index is 873. The van der Waals surface area contributed by atoms with E-state index >= 15 is 0 Å². The van der Waals surface area contributed by atoms with Crippen LogP contribution in [0.5, 0.6) is 0 Å². The molecular weight excluding hydrogens is 322 g/mol.